The van der Waals surface area contributed by atoms with Crippen LogP contribution in [0, 0.1) is 0 Å². The number of hydrogen-bond donors (Lipinski definition) is 0. The third-order valence-corrected chi connectivity index (χ3v) is 6.16. The van der Waals surface area contributed by atoms with Crippen LogP contribution in [0.2, 0.25) is 4.34 Å². The molecule has 0 unspecified atom stereocenters. The number of piperidine rings is 1. The van der Waals surface area contributed by atoms with Gasteiger partial charge in [-0.25, -0.2) is 4.98 Å². The van der Waals surface area contributed by atoms with Gasteiger partial charge in [0.05, 0.1) is 11.1 Å². The average Bonchev–Trinajstić information content (AvgIpc) is 3.10. The summed E-state index contributed by atoms with van der Waals surface area (Å²) in [4.78, 5) is 19.5. The number of thiazole rings is 1. The van der Waals surface area contributed by atoms with E-state index in [1.54, 1.807) is 17.5 Å². The van der Waals surface area contributed by atoms with Crippen molar-refractivity contribution in [1.29, 1.82) is 0 Å². The second kappa shape index (κ2) is 5.47. The highest BCUT2D eigenvalue weighted by Crippen LogP contribution is 2.38. The number of thiophene rings is 1. The van der Waals surface area contributed by atoms with E-state index in [1.807, 2.05) is 22.4 Å². The van der Waals surface area contributed by atoms with Gasteiger partial charge in [0.2, 0.25) is 0 Å². The van der Waals surface area contributed by atoms with Crippen molar-refractivity contribution in [1.82, 2.24) is 9.88 Å². The molecule has 3 rings (SSSR count). The SMILES string of the molecule is CC1(c2ncc(Cl)s2)CCN(C(=O)c2cccs2)CC1. The van der Waals surface area contributed by atoms with Gasteiger partial charge in [0.15, 0.2) is 0 Å². The lowest BCUT2D eigenvalue weighted by molar-refractivity contribution is 0.0681. The lowest BCUT2D eigenvalue weighted by atomic mass is 9.81. The first-order valence-electron chi connectivity index (χ1n) is 6.53. The van der Waals surface area contributed by atoms with Crippen molar-refractivity contribution in [2.75, 3.05) is 13.1 Å². The number of amides is 1. The number of nitrogens with zero attached hydrogens (tertiary/aromatic N) is 2. The van der Waals surface area contributed by atoms with E-state index < -0.39 is 0 Å². The monoisotopic (exact) mass is 326 g/mol. The number of halogens is 1. The van der Waals surface area contributed by atoms with Crippen LogP contribution in [0.1, 0.15) is 34.4 Å². The van der Waals surface area contributed by atoms with E-state index in [9.17, 15) is 4.79 Å². The van der Waals surface area contributed by atoms with Gasteiger partial charge in [-0.1, -0.05) is 24.6 Å². The summed E-state index contributed by atoms with van der Waals surface area (Å²) in [5.74, 6) is 0.152. The zero-order chi connectivity index (χ0) is 14.2. The van der Waals surface area contributed by atoms with Crippen molar-refractivity contribution in [3.05, 3.63) is 37.9 Å². The third-order valence-electron chi connectivity index (χ3n) is 3.88. The predicted molar refractivity (Wildman–Crippen MR) is 83.9 cm³/mol. The van der Waals surface area contributed by atoms with Crippen molar-refractivity contribution in [2.24, 2.45) is 0 Å². The Labute approximate surface area is 131 Å². The van der Waals surface area contributed by atoms with Crippen molar-refractivity contribution in [3.63, 3.8) is 0 Å². The molecule has 6 heteroatoms. The Morgan fingerprint density at radius 3 is 2.75 bits per heavy atom. The second-order valence-electron chi connectivity index (χ2n) is 5.30. The molecule has 0 saturated carbocycles. The van der Waals surface area contributed by atoms with Crippen molar-refractivity contribution in [3.8, 4) is 0 Å². The van der Waals surface area contributed by atoms with Crippen LogP contribution in [0.15, 0.2) is 23.7 Å². The van der Waals surface area contributed by atoms with E-state index in [2.05, 4.69) is 11.9 Å². The largest absolute Gasteiger partial charge is 0.338 e. The number of hydrogen-bond acceptors (Lipinski definition) is 4. The van der Waals surface area contributed by atoms with Crippen LogP contribution in [0.25, 0.3) is 0 Å². The molecule has 0 aromatic carbocycles. The van der Waals surface area contributed by atoms with E-state index >= 15 is 0 Å². The Hall–Kier alpha value is -0.910. The molecular weight excluding hydrogens is 312 g/mol. The predicted octanol–water partition coefficient (Wildman–Crippen LogP) is 4.05. The van der Waals surface area contributed by atoms with Crippen molar-refractivity contribution >= 4 is 40.2 Å². The molecule has 3 heterocycles. The Morgan fingerprint density at radius 2 is 2.20 bits per heavy atom. The molecule has 1 aliphatic rings. The topological polar surface area (TPSA) is 33.2 Å². The molecule has 0 N–H and O–H groups in total. The normalized spacial score (nSPS) is 18.2. The molecule has 106 valence electrons. The highest BCUT2D eigenvalue weighted by atomic mass is 35.5. The molecule has 1 amide bonds. The minimum Gasteiger partial charge on any atom is -0.338 e. The summed E-state index contributed by atoms with van der Waals surface area (Å²) >= 11 is 9.04. The lowest BCUT2D eigenvalue weighted by Crippen LogP contribution is -2.43. The highest BCUT2D eigenvalue weighted by Gasteiger charge is 2.35. The second-order valence-corrected chi connectivity index (χ2v) is 7.91. The Kier molecular flexibility index (Phi) is 3.84. The maximum Gasteiger partial charge on any atom is 0.263 e. The lowest BCUT2D eigenvalue weighted by Gasteiger charge is -2.38. The van der Waals surface area contributed by atoms with E-state index in [0.717, 1.165) is 40.2 Å². The summed E-state index contributed by atoms with van der Waals surface area (Å²) in [6.07, 6.45) is 3.60. The van der Waals surface area contributed by atoms with Gasteiger partial charge in [-0.2, -0.15) is 0 Å². The molecule has 1 saturated heterocycles. The van der Waals surface area contributed by atoms with Crippen LogP contribution in [0.4, 0.5) is 0 Å². The molecular formula is C14H15ClN2OS2. The van der Waals surface area contributed by atoms with Crippen molar-refractivity contribution < 1.29 is 4.79 Å². The molecule has 0 aliphatic carbocycles. The molecule has 2 aromatic rings. The number of likely N-dealkylation sites (tertiary alicyclic amines) is 1. The Bertz CT molecular complexity index is 600. The quantitative estimate of drug-likeness (QED) is 0.834. The van der Waals surface area contributed by atoms with Gasteiger partial charge in [0.25, 0.3) is 5.91 Å². The summed E-state index contributed by atoms with van der Waals surface area (Å²) in [5.41, 5.74) is 0.0457. The fourth-order valence-corrected chi connectivity index (χ4v) is 4.31. The van der Waals surface area contributed by atoms with Gasteiger partial charge in [-0.15, -0.1) is 22.7 Å². The summed E-state index contributed by atoms with van der Waals surface area (Å²) in [5, 5.41) is 3.03. The third kappa shape index (κ3) is 2.62. The Morgan fingerprint density at radius 1 is 1.45 bits per heavy atom. The Balaban J connectivity index is 1.69. The van der Waals surface area contributed by atoms with Crippen LogP contribution >= 0.6 is 34.3 Å². The van der Waals surface area contributed by atoms with Crippen LogP contribution in [0.3, 0.4) is 0 Å². The van der Waals surface area contributed by atoms with Gasteiger partial charge >= 0.3 is 0 Å². The van der Waals surface area contributed by atoms with E-state index in [-0.39, 0.29) is 11.3 Å². The molecule has 1 fully saturated rings. The maximum atomic E-state index is 12.3. The minimum atomic E-state index is 0.0457. The van der Waals surface area contributed by atoms with Gasteiger partial charge in [0, 0.05) is 18.5 Å². The van der Waals surface area contributed by atoms with Crippen LogP contribution in [-0.4, -0.2) is 28.9 Å². The first kappa shape index (κ1) is 14.0. The zero-order valence-corrected chi connectivity index (χ0v) is 13.5. The standard InChI is InChI=1S/C14H15ClN2OS2/c1-14(13-16-9-11(15)20-13)4-6-17(7-5-14)12(18)10-3-2-8-19-10/h2-3,8-9H,4-7H2,1H3. The van der Waals surface area contributed by atoms with Crippen LogP contribution < -0.4 is 0 Å². The summed E-state index contributed by atoms with van der Waals surface area (Å²) in [6.45, 7) is 3.78. The molecule has 2 aromatic heterocycles. The summed E-state index contributed by atoms with van der Waals surface area (Å²) < 4.78 is 0.735. The highest BCUT2D eigenvalue weighted by molar-refractivity contribution is 7.16. The molecule has 20 heavy (non-hydrogen) atoms. The number of carbonyl (C=O) groups is 1. The van der Waals surface area contributed by atoms with Gasteiger partial charge in [-0.3, -0.25) is 4.79 Å². The molecule has 1 aliphatic heterocycles. The van der Waals surface area contributed by atoms with E-state index in [1.165, 1.54) is 11.3 Å². The minimum absolute atomic E-state index is 0.0457. The van der Waals surface area contributed by atoms with Crippen LogP contribution in [0.5, 0.6) is 0 Å². The fraction of sp³-hybridized carbons (Fsp3) is 0.429. The first-order valence-corrected chi connectivity index (χ1v) is 8.60. The molecule has 0 radical (unpaired) electrons. The summed E-state index contributed by atoms with van der Waals surface area (Å²) in [7, 11) is 0. The van der Waals surface area contributed by atoms with Crippen molar-refractivity contribution in [2.45, 2.75) is 25.2 Å². The zero-order valence-electron chi connectivity index (χ0n) is 11.1. The van der Waals surface area contributed by atoms with Gasteiger partial charge in [0.1, 0.15) is 9.34 Å². The molecule has 0 bridgehead atoms. The van der Waals surface area contributed by atoms with Crippen LogP contribution in [-0.2, 0) is 5.41 Å². The molecule has 0 spiro atoms. The fourth-order valence-electron chi connectivity index (χ4n) is 2.51. The number of carbonyl (C=O) groups excluding carboxylic acids is 1. The molecule has 0 atom stereocenters. The van der Waals surface area contributed by atoms with E-state index in [0.29, 0.717) is 0 Å². The first-order chi connectivity index (χ1) is 9.58. The number of rotatable bonds is 2. The van der Waals surface area contributed by atoms with Gasteiger partial charge < -0.3 is 4.90 Å². The van der Waals surface area contributed by atoms with E-state index in [4.69, 9.17) is 11.6 Å². The van der Waals surface area contributed by atoms with Gasteiger partial charge in [-0.05, 0) is 24.3 Å². The maximum absolute atomic E-state index is 12.3. The number of aromatic nitrogens is 1. The molecule has 3 nitrogen and oxygen atoms in total. The smallest absolute Gasteiger partial charge is 0.263 e. The average molecular weight is 327 g/mol. The summed E-state index contributed by atoms with van der Waals surface area (Å²) in [6, 6.07) is 3.81.